The van der Waals surface area contributed by atoms with Crippen LogP contribution in [0, 0.1) is 15.3 Å². The Kier molecular flexibility index (Phi) is 3.14. The first-order chi connectivity index (χ1) is 6.65. The van der Waals surface area contributed by atoms with Crippen LogP contribution in [0.1, 0.15) is 5.56 Å². The molecule has 0 aromatic carbocycles. The number of rotatable bonds is 3. The number of aliphatic hydroxyl groups is 1. The van der Waals surface area contributed by atoms with Gasteiger partial charge in [0.05, 0.1) is 17.6 Å². The van der Waals surface area contributed by atoms with Crippen LogP contribution in [-0.4, -0.2) is 16.6 Å². The van der Waals surface area contributed by atoms with Gasteiger partial charge in [-0.2, -0.15) is 4.73 Å². The summed E-state index contributed by atoms with van der Waals surface area (Å²) in [5.41, 5.74) is 0.00310. The van der Waals surface area contributed by atoms with Crippen LogP contribution < -0.4 is 4.73 Å². The number of pyridine rings is 1. The van der Waals surface area contributed by atoms with Crippen molar-refractivity contribution in [3.63, 3.8) is 0 Å². The quantitative estimate of drug-likeness (QED) is 0.324. The van der Waals surface area contributed by atoms with E-state index in [-0.39, 0.29) is 17.9 Å². The average Bonchev–Trinajstić information content (AvgIpc) is 2.14. The molecule has 0 fully saturated rings. The molecule has 1 aromatic rings. The zero-order valence-corrected chi connectivity index (χ0v) is 7.16. The van der Waals surface area contributed by atoms with Crippen LogP contribution in [0.4, 0.5) is 5.69 Å². The molecule has 0 amide bonds. The second-order valence-electron chi connectivity index (χ2n) is 2.49. The van der Waals surface area contributed by atoms with Gasteiger partial charge in [-0.25, -0.2) is 0 Å². The predicted octanol–water partition coefficient (Wildman–Crippen LogP) is 0.234. The maximum absolute atomic E-state index is 10.8. The Hall–Kier alpha value is -1.95. The van der Waals surface area contributed by atoms with Crippen LogP contribution in [0.3, 0.4) is 0 Å². The van der Waals surface area contributed by atoms with E-state index in [9.17, 15) is 15.3 Å². The summed E-state index contributed by atoms with van der Waals surface area (Å²) in [7, 11) is 0. The van der Waals surface area contributed by atoms with Crippen molar-refractivity contribution < 1.29 is 14.8 Å². The summed E-state index contributed by atoms with van der Waals surface area (Å²) < 4.78 is 0.462. The van der Waals surface area contributed by atoms with Crippen LogP contribution >= 0.6 is 0 Å². The molecule has 0 spiro atoms. The van der Waals surface area contributed by atoms with E-state index < -0.39 is 4.92 Å². The number of hydrogen-bond donors (Lipinski definition) is 1. The third-order valence-electron chi connectivity index (χ3n) is 1.54. The van der Waals surface area contributed by atoms with Crippen molar-refractivity contribution in [2.24, 2.45) is 0 Å². The monoisotopic (exact) mass is 196 g/mol. The molecule has 1 aromatic heterocycles. The van der Waals surface area contributed by atoms with Crippen molar-refractivity contribution >= 4 is 11.8 Å². The summed E-state index contributed by atoms with van der Waals surface area (Å²) >= 11 is 0. The van der Waals surface area contributed by atoms with E-state index in [1.165, 1.54) is 12.2 Å². The molecule has 0 radical (unpaired) electrons. The van der Waals surface area contributed by atoms with Crippen molar-refractivity contribution in [2.45, 2.75) is 0 Å². The van der Waals surface area contributed by atoms with Gasteiger partial charge in [0.25, 0.3) is 5.69 Å². The topological polar surface area (TPSA) is 90.3 Å². The summed E-state index contributed by atoms with van der Waals surface area (Å²) in [4.78, 5) is 9.91. The summed E-state index contributed by atoms with van der Waals surface area (Å²) in [6, 6.07) is 1.12. The Bertz CT molecular complexity index is 376. The Labute approximate surface area is 79.5 Å². The second-order valence-corrected chi connectivity index (χ2v) is 2.49. The molecule has 1 N–H and O–H groups in total. The van der Waals surface area contributed by atoms with Gasteiger partial charge in [-0.05, 0) is 6.08 Å². The molecule has 0 atom stereocenters. The number of aromatic nitrogens is 1. The van der Waals surface area contributed by atoms with E-state index >= 15 is 0 Å². The minimum absolute atomic E-state index is 0.165. The Morgan fingerprint density at radius 3 is 2.93 bits per heavy atom. The highest BCUT2D eigenvalue weighted by atomic mass is 16.6. The minimum Gasteiger partial charge on any atom is -0.619 e. The Balaban J connectivity index is 3.15. The molecule has 74 valence electrons. The van der Waals surface area contributed by atoms with Gasteiger partial charge in [-0.15, -0.1) is 0 Å². The summed E-state index contributed by atoms with van der Waals surface area (Å²) in [5.74, 6) is 0. The zero-order chi connectivity index (χ0) is 10.6. The largest absolute Gasteiger partial charge is 0.619 e. The van der Waals surface area contributed by atoms with Gasteiger partial charge in [-0.3, -0.25) is 10.1 Å². The van der Waals surface area contributed by atoms with Crippen molar-refractivity contribution in [3.05, 3.63) is 45.4 Å². The third kappa shape index (κ3) is 2.27. The molecule has 6 nitrogen and oxygen atoms in total. The molecule has 0 saturated carbocycles. The third-order valence-corrected chi connectivity index (χ3v) is 1.54. The van der Waals surface area contributed by atoms with E-state index in [1.807, 2.05) is 0 Å². The van der Waals surface area contributed by atoms with Crippen molar-refractivity contribution in [2.75, 3.05) is 6.61 Å². The molecule has 6 heteroatoms. The van der Waals surface area contributed by atoms with Gasteiger partial charge in [-0.1, -0.05) is 6.08 Å². The lowest BCUT2D eigenvalue weighted by molar-refractivity contribution is -0.606. The lowest BCUT2D eigenvalue weighted by Crippen LogP contribution is -2.24. The lowest BCUT2D eigenvalue weighted by atomic mass is 10.2. The standard InChI is InChI=1S/C8H8N2O4/c11-5-1-2-7-6-9(12)4-3-8(7)10(13)14/h1-4,6,11H,5H2. The van der Waals surface area contributed by atoms with Crippen LogP contribution in [0.2, 0.25) is 0 Å². The highest BCUT2D eigenvalue weighted by Crippen LogP contribution is 2.16. The first kappa shape index (κ1) is 10.1. The van der Waals surface area contributed by atoms with Crippen LogP contribution in [0.25, 0.3) is 6.08 Å². The first-order valence-corrected chi connectivity index (χ1v) is 3.79. The fourth-order valence-electron chi connectivity index (χ4n) is 0.961. The van der Waals surface area contributed by atoms with E-state index in [2.05, 4.69) is 0 Å². The molecule has 1 rings (SSSR count). The minimum atomic E-state index is -0.586. The normalized spacial score (nSPS) is 10.6. The lowest BCUT2D eigenvalue weighted by Gasteiger charge is -1.97. The summed E-state index contributed by atoms with van der Waals surface area (Å²) in [5, 5.41) is 29.8. The van der Waals surface area contributed by atoms with E-state index in [0.29, 0.717) is 4.73 Å². The van der Waals surface area contributed by atoms with Crippen LogP contribution in [0.5, 0.6) is 0 Å². The molecule has 1 heterocycles. The number of hydrogen-bond acceptors (Lipinski definition) is 4. The van der Waals surface area contributed by atoms with Gasteiger partial charge in [0.1, 0.15) is 5.56 Å². The van der Waals surface area contributed by atoms with E-state index in [0.717, 1.165) is 18.5 Å². The predicted molar refractivity (Wildman–Crippen MR) is 48.2 cm³/mol. The molecule has 0 saturated heterocycles. The molecule has 0 unspecified atom stereocenters. The first-order valence-electron chi connectivity index (χ1n) is 3.79. The van der Waals surface area contributed by atoms with Crippen LogP contribution in [0.15, 0.2) is 24.5 Å². The molecule has 0 bridgehead atoms. The number of nitrogens with zero attached hydrogens (tertiary/aromatic N) is 2. The van der Waals surface area contributed by atoms with Gasteiger partial charge >= 0.3 is 0 Å². The SMILES string of the molecule is O=[N+]([O-])c1cc[n+]([O-])cc1C=CCO. The van der Waals surface area contributed by atoms with Crippen LogP contribution in [-0.2, 0) is 0 Å². The summed E-state index contributed by atoms with van der Waals surface area (Å²) in [6.07, 6.45) is 4.77. The molecular formula is C8H8N2O4. The average molecular weight is 196 g/mol. The number of nitro groups is 1. The van der Waals surface area contributed by atoms with Crippen molar-refractivity contribution in [1.82, 2.24) is 0 Å². The Morgan fingerprint density at radius 1 is 1.64 bits per heavy atom. The van der Waals surface area contributed by atoms with Crippen molar-refractivity contribution in [1.29, 1.82) is 0 Å². The molecule has 0 aliphatic rings. The second kappa shape index (κ2) is 4.33. The molecule has 14 heavy (non-hydrogen) atoms. The van der Waals surface area contributed by atoms with Gasteiger partial charge < -0.3 is 10.3 Å². The smallest absolute Gasteiger partial charge is 0.288 e. The van der Waals surface area contributed by atoms with Gasteiger partial charge in [0.15, 0.2) is 12.4 Å². The zero-order valence-electron chi connectivity index (χ0n) is 7.16. The fourth-order valence-corrected chi connectivity index (χ4v) is 0.961. The molecular weight excluding hydrogens is 188 g/mol. The molecule has 0 aliphatic heterocycles. The Morgan fingerprint density at radius 2 is 2.36 bits per heavy atom. The highest BCUT2D eigenvalue weighted by molar-refractivity contribution is 5.58. The van der Waals surface area contributed by atoms with Gasteiger partial charge in [0, 0.05) is 0 Å². The highest BCUT2D eigenvalue weighted by Gasteiger charge is 2.13. The van der Waals surface area contributed by atoms with E-state index in [4.69, 9.17) is 5.11 Å². The summed E-state index contributed by atoms with van der Waals surface area (Å²) in [6.45, 7) is -0.231. The fraction of sp³-hybridized carbons (Fsp3) is 0.125. The maximum atomic E-state index is 10.8. The molecule has 0 aliphatic carbocycles. The van der Waals surface area contributed by atoms with Gasteiger partial charge in [0.2, 0.25) is 0 Å². The van der Waals surface area contributed by atoms with Crippen molar-refractivity contribution in [3.8, 4) is 0 Å². The van der Waals surface area contributed by atoms with E-state index in [1.54, 1.807) is 0 Å². The maximum Gasteiger partial charge on any atom is 0.288 e. The number of aliphatic hydroxyl groups excluding tert-OH is 1.